The Kier molecular flexibility index (Phi) is 3.22. The lowest BCUT2D eigenvalue weighted by Crippen LogP contribution is -2.37. The van der Waals surface area contributed by atoms with Crippen LogP contribution in [0.4, 0.5) is 5.69 Å². The van der Waals surface area contributed by atoms with Crippen LogP contribution in [0.15, 0.2) is 24.3 Å². The van der Waals surface area contributed by atoms with Crippen LogP contribution in [-0.2, 0) is 9.59 Å². The van der Waals surface area contributed by atoms with Crippen molar-refractivity contribution in [2.24, 2.45) is 23.7 Å². The van der Waals surface area contributed by atoms with E-state index in [0.29, 0.717) is 12.1 Å². The first-order valence-corrected chi connectivity index (χ1v) is 8.28. The van der Waals surface area contributed by atoms with Crippen LogP contribution in [0.25, 0.3) is 0 Å². The van der Waals surface area contributed by atoms with E-state index in [0.717, 1.165) is 4.90 Å². The molecular formula is C16H13Cl2NO4. The Morgan fingerprint density at radius 3 is 2.17 bits per heavy atom. The predicted molar refractivity (Wildman–Crippen MR) is 83.8 cm³/mol. The van der Waals surface area contributed by atoms with Crippen molar-refractivity contribution in [1.29, 1.82) is 0 Å². The van der Waals surface area contributed by atoms with Gasteiger partial charge < -0.3 is 5.11 Å². The van der Waals surface area contributed by atoms with Gasteiger partial charge in [-0.3, -0.25) is 14.5 Å². The van der Waals surface area contributed by atoms with Gasteiger partial charge in [0.05, 0.1) is 33.8 Å². The fourth-order valence-electron chi connectivity index (χ4n) is 4.38. The highest BCUT2D eigenvalue weighted by atomic mass is 35.5. The highest BCUT2D eigenvalue weighted by molar-refractivity contribution is 6.32. The van der Waals surface area contributed by atoms with Crippen LogP contribution in [0.1, 0.15) is 16.8 Å². The van der Waals surface area contributed by atoms with E-state index < -0.39 is 17.8 Å². The SMILES string of the molecule is O=C(O)c1cccc(N2C(=O)[C@@H]3[C@H]4C[C@@H]([C@H](Cl)[C@@H]4Cl)[C@@H]3C2=O)c1. The van der Waals surface area contributed by atoms with E-state index in [-0.39, 0.29) is 40.0 Å². The summed E-state index contributed by atoms with van der Waals surface area (Å²) in [5, 5.41) is 8.48. The van der Waals surface area contributed by atoms with E-state index in [4.69, 9.17) is 28.3 Å². The van der Waals surface area contributed by atoms with Gasteiger partial charge in [0.2, 0.25) is 11.8 Å². The highest BCUT2D eigenvalue weighted by Gasteiger charge is 2.66. The van der Waals surface area contributed by atoms with E-state index in [1.165, 1.54) is 18.2 Å². The van der Waals surface area contributed by atoms with Crippen LogP contribution in [0.5, 0.6) is 0 Å². The third-order valence-electron chi connectivity index (χ3n) is 5.34. The minimum Gasteiger partial charge on any atom is -0.478 e. The normalized spacial score (nSPS) is 38.3. The van der Waals surface area contributed by atoms with Gasteiger partial charge in [0.25, 0.3) is 0 Å². The van der Waals surface area contributed by atoms with E-state index in [9.17, 15) is 14.4 Å². The third kappa shape index (κ3) is 1.90. The standard InChI is InChI=1S/C16H13Cl2NO4/c17-12-8-5-9(13(12)18)11-10(8)14(20)19(15(11)21)7-3-1-2-6(4-7)16(22)23/h1-4,8-13H,5H2,(H,22,23)/t8-,9-,10-,11+,12-,13+/m1/s1. The summed E-state index contributed by atoms with van der Waals surface area (Å²) < 4.78 is 0. The lowest BCUT2D eigenvalue weighted by Gasteiger charge is -2.28. The molecular weight excluding hydrogens is 341 g/mol. The molecule has 2 bridgehead atoms. The molecule has 0 radical (unpaired) electrons. The zero-order chi connectivity index (χ0) is 16.5. The number of nitrogens with zero attached hydrogens (tertiary/aromatic N) is 1. The van der Waals surface area contributed by atoms with Crippen molar-refractivity contribution in [3.63, 3.8) is 0 Å². The molecule has 5 nitrogen and oxygen atoms in total. The van der Waals surface area contributed by atoms with Crippen LogP contribution in [0, 0.1) is 23.7 Å². The Hall–Kier alpha value is -1.59. The number of carbonyl (C=O) groups excluding carboxylic acids is 2. The van der Waals surface area contributed by atoms with Crippen molar-refractivity contribution in [3.05, 3.63) is 29.8 Å². The fourth-order valence-corrected chi connectivity index (χ4v) is 5.27. The monoisotopic (exact) mass is 353 g/mol. The summed E-state index contributed by atoms with van der Waals surface area (Å²) in [5.41, 5.74) is 0.333. The number of hydrogen-bond donors (Lipinski definition) is 1. The molecule has 2 amide bonds. The molecule has 2 saturated carbocycles. The molecule has 0 spiro atoms. The average Bonchev–Trinajstić information content (AvgIpc) is 3.12. The number of aromatic carboxylic acids is 1. The zero-order valence-electron chi connectivity index (χ0n) is 11.9. The molecule has 1 heterocycles. The van der Waals surface area contributed by atoms with E-state index in [1.807, 2.05) is 0 Å². The van der Waals surface area contributed by atoms with Gasteiger partial charge in [-0.1, -0.05) is 6.07 Å². The molecule has 1 N–H and O–H groups in total. The minimum atomic E-state index is -1.10. The lowest BCUT2D eigenvalue weighted by molar-refractivity contribution is -0.123. The summed E-state index contributed by atoms with van der Waals surface area (Å²) in [6, 6.07) is 5.86. The van der Waals surface area contributed by atoms with Gasteiger partial charge in [-0.05, 0) is 36.5 Å². The van der Waals surface area contributed by atoms with Crippen LogP contribution in [0.2, 0.25) is 0 Å². The summed E-state index contributed by atoms with van der Waals surface area (Å²) in [6.45, 7) is 0. The molecule has 0 unspecified atom stereocenters. The predicted octanol–water partition coefficient (Wildman–Crippen LogP) is 2.35. The van der Waals surface area contributed by atoms with Crippen LogP contribution in [0.3, 0.4) is 0 Å². The number of fused-ring (bicyclic) bond motifs is 5. The Labute approximate surface area is 142 Å². The maximum Gasteiger partial charge on any atom is 0.335 e. The van der Waals surface area contributed by atoms with Crippen molar-refractivity contribution in [3.8, 4) is 0 Å². The first-order valence-electron chi connectivity index (χ1n) is 7.41. The number of halogens is 2. The topological polar surface area (TPSA) is 74.7 Å². The van der Waals surface area contributed by atoms with Crippen molar-refractivity contribution in [1.82, 2.24) is 0 Å². The molecule has 6 atom stereocenters. The number of alkyl halides is 2. The molecule has 2 aliphatic carbocycles. The number of anilines is 1. The largest absolute Gasteiger partial charge is 0.478 e. The fraction of sp³-hybridized carbons (Fsp3) is 0.438. The molecule has 1 aromatic carbocycles. The minimum absolute atomic E-state index is 0.0357. The molecule has 3 fully saturated rings. The number of carboxylic acids is 1. The summed E-state index contributed by atoms with van der Waals surface area (Å²) in [4.78, 5) is 37.8. The van der Waals surface area contributed by atoms with Gasteiger partial charge in [0.15, 0.2) is 0 Å². The van der Waals surface area contributed by atoms with Crippen LogP contribution in [-0.4, -0.2) is 33.6 Å². The molecule has 0 aromatic heterocycles. The molecule has 3 aliphatic rings. The van der Waals surface area contributed by atoms with E-state index in [1.54, 1.807) is 6.07 Å². The summed E-state index contributed by atoms with van der Waals surface area (Å²) in [7, 11) is 0. The van der Waals surface area contributed by atoms with Gasteiger partial charge in [0.1, 0.15) is 0 Å². The zero-order valence-corrected chi connectivity index (χ0v) is 13.4. The number of hydrogen-bond acceptors (Lipinski definition) is 3. The highest BCUT2D eigenvalue weighted by Crippen LogP contribution is 2.59. The second kappa shape index (κ2) is 4.95. The first-order chi connectivity index (χ1) is 10.9. The summed E-state index contributed by atoms with van der Waals surface area (Å²) in [5.74, 6) is -2.71. The van der Waals surface area contributed by atoms with E-state index >= 15 is 0 Å². The van der Waals surface area contributed by atoms with E-state index in [2.05, 4.69) is 0 Å². The average molecular weight is 354 g/mol. The molecule has 120 valence electrons. The van der Waals surface area contributed by atoms with Gasteiger partial charge in [-0.25, -0.2) is 4.79 Å². The second-order valence-corrected chi connectivity index (χ2v) is 7.38. The van der Waals surface area contributed by atoms with Crippen LogP contribution < -0.4 is 4.90 Å². The Balaban J connectivity index is 1.73. The maximum atomic E-state index is 12.8. The van der Waals surface area contributed by atoms with Crippen molar-refractivity contribution >= 4 is 46.7 Å². The quantitative estimate of drug-likeness (QED) is 0.654. The van der Waals surface area contributed by atoms with Gasteiger partial charge in [-0.15, -0.1) is 23.2 Å². The van der Waals surface area contributed by atoms with Crippen molar-refractivity contribution in [2.45, 2.75) is 17.2 Å². The second-order valence-electron chi connectivity index (χ2n) is 6.37. The molecule has 23 heavy (non-hydrogen) atoms. The summed E-state index contributed by atoms with van der Waals surface area (Å²) >= 11 is 12.6. The Bertz CT molecular complexity index is 705. The molecule has 1 aliphatic heterocycles. The third-order valence-corrected chi connectivity index (χ3v) is 6.66. The number of benzene rings is 1. The molecule has 1 aromatic rings. The van der Waals surface area contributed by atoms with Crippen molar-refractivity contribution < 1.29 is 19.5 Å². The molecule has 7 heteroatoms. The number of carbonyl (C=O) groups is 3. The lowest BCUT2D eigenvalue weighted by atomic mass is 9.80. The number of imide groups is 1. The molecule has 4 rings (SSSR count). The van der Waals surface area contributed by atoms with Gasteiger partial charge >= 0.3 is 5.97 Å². The number of rotatable bonds is 2. The van der Waals surface area contributed by atoms with Gasteiger partial charge in [-0.2, -0.15) is 0 Å². The molecule has 1 saturated heterocycles. The summed E-state index contributed by atoms with van der Waals surface area (Å²) in [6.07, 6.45) is 0.707. The van der Waals surface area contributed by atoms with Gasteiger partial charge in [0, 0.05) is 0 Å². The smallest absolute Gasteiger partial charge is 0.335 e. The number of amides is 2. The maximum absolute atomic E-state index is 12.8. The first kappa shape index (κ1) is 15.0. The van der Waals surface area contributed by atoms with Crippen LogP contribution >= 0.6 is 23.2 Å². The number of carboxylic acid groups (broad SMARTS) is 1. The Morgan fingerprint density at radius 1 is 1.09 bits per heavy atom. The Morgan fingerprint density at radius 2 is 1.65 bits per heavy atom. The van der Waals surface area contributed by atoms with Crippen molar-refractivity contribution in [2.75, 3.05) is 4.90 Å².